The van der Waals surface area contributed by atoms with E-state index in [-0.39, 0.29) is 31.7 Å². The lowest BCUT2D eigenvalue weighted by Gasteiger charge is -2.40. The lowest BCUT2D eigenvalue weighted by atomic mass is 10.0. The van der Waals surface area contributed by atoms with Crippen molar-refractivity contribution in [1.29, 1.82) is 5.26 Å². The van der Waals surface area contributed by atoms with Crippen LogP contribution in [0.5, 0.6) is 5.75 Å². The molecule has 3 aromatic carbocycles. The molecule has 6 nitrogen and oxygen atoms in total. The SMILES string of the molecule is Clc1ccccc1.N#Cc1ccc(C(CO)N2CCN(c3ccc(OCCO)cc3F)CC2)cc1. The van der Waals surface area contributed by atoms with Crippen molar-refractivity contribution in [3.05, 3.63) is 94.8 Å². The predicted molar refractivity (Wildman–Crippen MR) is 135 cm³/mol. The Labute approximate surface area is 210 Å². The van der Waals surface area contributed by atoms with Gasteiger partial charge in [0.15, 0.2) is 0 Å². The Bertz CT molecular complexity index is 1090. The lowest BCUT2D eigenvalue weighted by molar-refractivity contribution is 0.117. The Morgan fingerprint density at radius 2 is 1.66 bits per heavy atom. The second-order valence-electron chi connectivity index (χ2n) is 7.94. The molecule has 1 atom stereocenters. The van der Waals surface area contributed by atoms with Gasteiger partial charge in [0.05, 0.1) is 36.6 Å². The van der Waals surface area contributed by atoms with E-state index in [1.807, 2.05) is 47.4 Å². The van der Waals surface area contributed by atoms with E-state index in [1.54, 1.807) is 24.3 Å². The molecule has 4 rings (SSSR count). The summed E-state index contributed by atoms with van der Waals surface area (Å²) in [6.07, 6.45) is 0. The summed E-state index contributed by atoms with van der Waals surface area (Å²) in [6.45, 7) is 2.66. The minimum atomic E-state index is -0.352. The van der Waals surface area contributed by atoms with Crippen LogP contribution in [0.15, 0.2) is 72.8 Å². The maximum Gasteiger partial charge on any atom is 0.150 e. The van der Waals surface area contributed by atoms with Gasteiger partial charge >= 0.3 is 0 Å². The molecule has 35 heavy (non-hydrogen) atoms. The van der Waals surface area contributed by atoms with E-state index in [4.69, 9.17) is 26.7 Å². The quantitative estimate of drug-likeness (QED) is 0.507. The fourth-order valence-electron chi connectivity index (χ4n) is 3.90. The second kappa shape index (κ2) is 13.7. The molecule has 1 saturated heterocycles. The van der Waals surface area contributed by atoms with Crippen molar-refractivity contribution in [3.8, 4) is 11.8 Å². The molecule has 0 aliphatic carbocycles. The van der Waals surface area contributed by atoms with Gasteiger partial charge in [-0.15, -0.1) is 0 Å². The van der Waals surface area contributed by atoms with E-state index in [9.17, 15) is 9.50 Å². The molecule has 0 bridgehead atoms. The molecule has 1 aliphatic rings. The zero-order valence-electron chi connectivity index (χ0n) is 19.4. The zero-order chi connectivity index (χ0) is 25.0. The van der Waals surface area contributed by atoms with E-state index in [2.05, 4.69) is 11.0 Å². The molecule has 1 unspecified atom stereocenters. The summed E-state index contributed by atoms with van der Waals surface area (Å²) in [6, 6.07) is 23.4. The number of hydrogen-bond acceptors (Lipinski definition) is 6. The average Bonchev–Trinajstić information content (AvgIpc) is 2.90. The minimum Gasteiger partial charge on any atom is -0.491 e. The van der Waals surface area contributed by atoms with Crippen LogP contribution in [-0.4, -0.2) is 61.1 Å². The second-order valence-corrected chi connectivity index (χ2v) is 8.37. The number of ether oxygens (including phenoxy) is 1. The molecule has 0 aromatic heterocycles. The van der Waals surface area contributed by atoms with Gasteiger partial charge in [0, 0.05) is 37.3 Å². The number of anilines is 1. The van der Waals surface area contributed by atoms with Crippen LogP contribution < -0.4 is 9.64 Å². The van der Waals surface area contributed by atoms with Crippen molar-refractivity contribution >= 4 is 17.3 Å². The Morgan fingerprint density at radius 3 is 2.17 bits per heavy atom. The van der Waals surface area contributed by atoms with Crippen molar-refractivity contribution in [2.45, 2.75) is 6.04 Å². The third-order valence-electron chi connectivity index (χ3n) is 5.71. The van der Waals surface area contributed by atoms with E-state index in [1.165, 1.54) is 6.07 Å². The summed E-state index contributed by atoms with van der Waals surface area (Å²) in [5.74, 6) is 0.0461. The first-order chi connectivity index (χ1) is 17.0. The number of aliphatic hydroxyl groups excluding tert-OH is 2. The molecule has 2 N–H and O–H groups in total. The molecule has 0 amide bonds. The van der Waals surface area contributed by atoms with Gasteiger partial charge in [0.1, 0.15) is 18.2 Å². The summed E-state index contributed by atoms with van der Waals surface area (Å²) >= 11 is 5.54. The molecule has 0 radical (unpaired) electrons. The number of nitriles is 1. The highest BCUT2D eigenvalue weighted by atomic mass is 35.5. The third kappa shape index (κ3) is 7.67. The molecule has 184 valence electrons. The average molecular weight is 498 g/mol. The standard InChI is InChI=1S/C21H24FN3O3.C6H5Cl/c22-19-13-18(28-12-11-26)5-6-20(19)24-7-9-25(10-8-24)21(15-27)17-3-1-16(14-23)2-4-17;7-6-4-2-1-3-5-6/h1-6,13,21,26-27H,7-12,15H2;1-5H. The monoisotopic (exact) mass is 497 g/mol. The molecule has 1 heterocycles. The number of piperazine rings is 1. The lowest BCUT2D eigenvalue weighted by Crippen LogP contribution is -2.48. The Hall–Kier alpha value is -3.15. The smallest absolute Gasteiger partial charge is 0.150 e. The normalized spacial score (nSPS) is 14.4. The van der Waals surface area contributed by atoms with Crippen LogP contribution in [0.25, 0.3) is 0 Å². The van der Waals surface area contributed by atoms with E-state index in [0.29, 0.717) is 43.2 Å². The molecule has 0 saturated carbocycles. The van der Waals surface area contributed by atoms with Crippen LogP contribution in [0.2, 0.25) is 5.02 Å². The van der Waals surface area contributed by atoms with Crippen LogP contribution in [0, 0.1) is 17.1 Å². The van der Waals surface area contributed by atoms with Gasteiger partial charge in [-0.2, -0.15) is 5.26 Å². The van der Waals surface area contributed by atoms with Crippen LogP contribution >= 0.6 is 11.6 Å². The molecule has 8 heteroatoms. The van der Waals surface area contributed by atoms with Gasteiger partial charge in [-0.3, -0.25) is 4.90 Å². The van der Waals surface area contributed by atoms with Crippen molar-refractivity contribution < 1.29 is 19.3 Å². The summed E-state index contributed by atoms with van der Waals surface area (Å²) in [7, 11) is 0. The number of rotatable bonds is 7. The van der Waals surface area contributed by atoms with Gasteiger partial charge in [-0.25, -0.2) is 4.39 Å². The van der Waals surface area contributed by atoms with Crippen molar-refractivity contribution in [3.63, 3.8) is 0 Å². The molecule has 1 fully saturated rings. The first-order valence-electron chi connectivity index (χ1n) is 11.4. The summed E-state index contributed by atoms with van der Waals surface area (Å²) in [5.41, 5.74) is 2.08. The van der Waals surface area contributed by atoms with E-state index in [0.717, 1.165) is 10.6 Å². The van der Waals surface area contributed by atoms with Crippen LogP contribution in [-0.2, 0) is 0 Å². The Balaban J connectivity index is 0.000000420. The maximum atomic E-state index is 14.5. The van der Waals surface area contributed by atoms with Crippen LogP contribution in [0.1, 0.15) is 17.2 Å². The number of hydrogen-bond donors (Lipinski definition) is 2. The van der Waals surface area contributed by atoms with Gasteiger partial charge in [0.25, 0.3) is 0 Å². The van der Waals surface area contributed by atoms with Gasteiger partial charge in [-0.1, -0.05) is 41.9 Å². The third-order valence-corrected chi connectivity index (χ3v) is 5.96. The van der Waals surface area contributed by atoms with Gasteiger partial charge in [0.2, 0.25) is 0 Å². The maximum absolute atomic E-state index is 14.5. The largest absolute Gasteiger partial charge is 0.491 e. The van der Waals surface area contributed by atoms with Crippen LogP contribution in [0.4, 0.5) is 10.1 Å². The number of halogens is 2. The highest BCUT2D eigenvalue weighted by Crippen LogP contribution is 2.28. The molecule has 0 spiro atoms. The molecular weight excluding hydrogens is 469 g/mol. The van der Waals surface area contributed by atoms with Gasteiger partial charge < -0.3 is 19.8 Å². The summed E-state index contributed by atoms with van der Waals surface area (Å²) < 4.78 is 19.7. The first kappa shape index (κ1) is 26.5. The summed E-state index contributed by atoms with van der Waals surface area (Å²) in [5, 5.41) is 28.4. The number of benzene rings is 3. The first-order valence-corrected chi connectivity index (χ1v) is 11.8. The number of nitrogens with zero attached hydrogens (tertiary/aromatic N) is 3. The summed E-state index contributed by atoms with van der Waals surface area (Å²) in [4.78, 5) is 4.16. The number of aliphatic hydroxyl groups is 2. The fraction of sp³-hybridized carbons (Fsp3) is 0.296. The predicted octanol–water partition coefficient (Wildman–Crippen LogP) is 4.26. The fourth-order valence-corrected chi connectivity index (χ4v) is 4.04. The molecule has 3 aromatic rings. The molecule has 1 aliphatic heterocycles. The van der Waals surface area contributed by atoms with E-state index >= 15 is 0 Å². The Morgan fingerprint density at radius 1 is 0.971 bits per heavy atom. The topological polar surface area (TPSA) is 80.0 Å². The molecular formula is C27H29ClFN3O3. The van der Waals surface area contributed by atoms with Crippen molar-refractivity contribution in [1.82, 2.24) is 4.90 Å². The van der Waals surface area contributed by atoms with E-state index < -0.39 is 0 Å². The minimum absolute atomic E-state index is 0.0167. The van der Waals surface area contributed by atoms with Crippen LogP contribution in [0.3, 0.4) is 0 Å². The highest BCUT2D eigenvalue weighted by Gasteiger charge is 2.26. The van der Waals surface area contributed by atoms with Crippen molar-refractivity contribution in [2.75, 3.05) is 50.9 Å². The van der Waals surface area contributed by atoms with Gasteiger partial charge in [-0.05, 0) is 42.0 Å². The highest BCUT2D eigenvalue weighted by molar-refractivity contribution is 6.30. The Kier molecular flexibility index (Phi) is 10.3. The van der Waals surface area contributed by atoms with Crippen molar-refractivity contribution in [2.24, 2.45) is 0 Å². The zero-order valence-corrected chi connectivity index (χ0v) is 20.1.